The lowest BCUT2D eigenvalue weighted by molar-refractivity contribution is -0.131. The van der Waals surface area contributed by atoms with Crippen LogP contribution in [-0.4, -0.2) is 59.7 Å². The van der Waals surface area contributed by atoms with Crippen LogP contribution >= 0.6 is 0 Å². The van der Waals surface area contributed by atoms with E-state index in [0.29, 0.717) is 37.1 Å². The molecule has 8 nitrogen and oxygen atoms in total. The Morgan fingerprint density at radius 3 is 2.56 bits per heavy atom. The minimum atomic E-state index is -1.06. The molecule has 2 rings (SSSR count). The second kappa shape index (κ2) is 11.7. The number of rotatable bonds is 10. The van der Waals surface area contributed by atoms with Crippen LogP contribution < -0.4 is 15.4 Å². The lowest BCUT2D eigenvalue weighted by Gasteiger charge is -2.37. The first-order chi connectivity index (χ1) is 16.0. The molecule has 8 heteroatoms. The van der Waals surface area contributed by atoms with E-state index < -0.39 is 17.2 Å². The number of carbonyl (C=O) groups excluding carboxylic acids is 3. The highest BCUT2D eigenvalue weighted by atomic mass is 16.6. The maximum atomic E-state index is 13.3. The van der Waals surface area contributed by atoms with Gasteiger partial charge in [0.1, 0.15) is 23.5 Å². The van der Waals surface area contributed by atoms with Crippen molar-refractivity contribution in [2.45, 2.75) is 64.1 Å². The summed E-state index contributed by atoms with van der Waals surface area (Å²) in [5, 5.41) is 5.79. The summed E-state index contributed by atoms with van der Waals surface area (Å²) in [5.74, 6) is -0.134. The van der Waals surface area contributed by atoms with Gasteiger partial charge in [-0.1, -0.05) is 30.9 Å². The molecule has 0 aromatic heterocycles. The molecule has 0 spiro atoms. The molecule has 1 aliphatic rings. The van der Waals surface area contributed by atoms with E-state index in [9.17, 15) is 14.4 Å². The van der Waals surface area contributed by atoms with Gasteiger partial charge in [-0.15, -0.1) is 6.58 Å². The van der Waals surface area contributed by atoms with E-state index in [4.69, 9.17) is 9.47 Å². The van der Waals surface area contributed by atoms with Gasteiger partial charge in [0.25, 0.3) is 5.91 Å². The second-order valence-electron chi connectivity index (χ2n) is 9.44. The molecule has 2 N–H and O–H groups in total. The molecule has 0 saturated carbocycles. The van der Waals surface area contributed by atoms with E-state index in [2.05, 4.69) is 23.8 Å². The predicted octanol–water partition coefficient (Wildman–Crippen LogP) is 3.83. The summed E-state index contributed by atoms with van der Waals surface area (Å²) >= 11 is 0. The summed E-state index contributed by atoms with van der Waals surface area (Å²) in [5.41, 5.74) is -1.32. The van der Waals surface area contributed by atoms with Crippen LogP contribution in [0, 0.1) is 0 Å². The van der Waals surface area contributed by atoms with Crippen LogP contribution in [0.15, 0.2) is 49.6 Å². The lowest BCUT2D eigenvalue weighted by Crippen LogP contribution is -2.59. The van der Waals surface area contributed by atoms with E-state index in [1.54, 1.807) is 64.1 Å². The minimum Gasteiger partial charge on any atom is -0.489 e. The Bertz CT molecular complexity index is 908. The lowest BCUT2D eigenvalue weighted by atomic mass is 9.90. The molecule has 1 heterocycles. The van der Waals surface area contributed by atoms with E-state index in [-0.39, 0.29) is 31.0 Å². The fourth-order valence-corrected chi connectivity index (χ4v) is 3.93. The van der Waals surface area contributed by atoms with Gasteiger partial charge in [-0.25, -0.2) is 4.79 Å². The average molecular weight is 472 g/mol. The normalized spacial score (nSPS) is 18.5. The standard InChI is InChI=1S/C26H37N3O5/c1-7-14-26(15-11-16-29(26)24(32)34-25(4,5)6)23(31)27-18-19(3)28-22(30)20-12-9-10-13-21(20)33-17-8-2/h7-10,12-13,19H,1-2,11,14-18H2,3-6H3,(H,27,31)(H,28,30)/t19-,26?/m0/s1. The van der Waals surface area contributed by atoms with Crippen molar-refractivity contribution in [1.29, 1.82) is 0 Å². The molecular formula is C26H37N3O5. The van der Waals surface area contributed by atoms with Gasteiger partial charge in [-0.05, 0) is 59.1 Å². The van der Waals surface area contributed by atoms with Gasteiger partial charge in [0, 0.05) is 19.1 Å². The summed E-state index contributed by atoms with van der Waals surface area (Å²) < 4.78 is 11.1. The Labute approximate surface area is 202 Å². The third-order valence-corrected chi connectivity index (χ3v) is 5.44. The number of ether oxygens (including phenoxy) is 2. The van der Waals surface area contributed by atoms with Crippen LogP contribution in [0.5, 0.6) is 5.75 Å². The molecule has 1 saturated heterocycles. The third kappa shape index (κ3) is 6.85. The molecule has 1 aliphatic heterocycles. The Hall–Kier alpha value is -3.29. The number of hydrogen-bond acceptors (Lipinski definition) is 5. The molecular weight excluding hydrogens is 434 g/mol. The van der Waals surface area contributed by atoms with Gasteiger partial charge in [0.2, 0.25) is 5.91 Å². The smallest absolute Gasteiger partial charge is 0.411 e. The SMILES string of the molecule is C=CCOc1ccccc1C(=O)N[C@@H](C)CNC(=O)C1(CC=C)CCCN1C(=O)OC(C)(C)C. The molecule has 3 amide bonds. The van der Waals surface area contributed by atoms with Gasteiger partial charge < -0.3 is 20.1 Å². The van der Waals surface area contributed by atoms with Gasteiger partial charge in [-0.3, -0.25) is 14.5 Å². The highest BCUT2D eigenvalue weighted by molar-refractivity contribution is 5.97. The Morgan fingerprint density at radius 1 is 1.21 bits per heavy atom. The van der Waals surface area contributed by atoms with Crippen molar-refractivity contribution in [2.75, 3.05) is 19.7 Å². The molecule has 1 unspecified atom stereocenters. The zero-order valence-corrected chi connectivity index (χ0v) is 20.7. The Morgan fingerprint density at radius 2 is 1.91 bits per heavy atom. The van der Waals surface area contributed by atoms with Crippen molar-refractivity contribution in [3.05, 3.63) is 55.1 Å². The Kier molecular flexibility index (Phi) is 9.29. The van der Waals surface area contributed by atoms with Crippen molar-refractivity contribution < 1.29 is 23.9 Å². The topological polar surface area (TPSA) is 97.0 Å². The molecule has 2 atom stereocenters. The van der Waals surface area contributed by atoms with E-state index in [1.165, 1.54) is 4.90 Å². The highest BCUT2D eigenvalue weighted by Crippen LogP contribution is 2.34. The predicted molar refractivity (Wildman–Crippen MR) is 132 cm³/mol. The first-order valence-corrected chi connectivity index (χ1v) is 11.6. The number of amides is 3. The monoisotopic (exact) mass is 471 g/mol. The average Bonchev–Trinajstić information content (AvgIpc) is 3.20. The van der Waals surface area contributed by atoms with Crippen molar-refractivity contribution in [3.63, 3.8) is 0 Å². The molecule has 0 aliphatic carbocycles. The number of likely N-dealkylation sites (tertiary alicyclic amines) is 1. The maximum absolute atomic E-state index is 13.3. The fraction of sp³-hybridized carbons (Fsp3) is 0.500. The molecule has 0 bridgehead atoms. The summed E-state index contributed by atoms with van der Waals surface area (Å²) in [6, 6.07) is 6.58. The zero-order valence-electron chi connectivity index (χ0n) is 20.7. The van der Waals surface area contributed by atoms with Crippen LogP contribution in [0.3, 0.4) is 0 Å². The van der Waals surface area contributed by atoms with E-state index in [1.807, 2.05) is 0 Å². The Balaban J connectivity index is 2.05. The number of carbonyl (C=O) groups is 3. The quantitative estimate of drug-likeness (QED) is 0.506. The molecule has 34 heavy (non-hydrogen) atoms. The highest BCUT2D eigenvalue weighted by Gasteiger charge is 2.50. The second-order valence-corrected chi connectivity index (χ2v) is 9.44. The van der Waals surface area contributed by atoms with Crippen molar-refractivity contribution in [1.82, 2.24) is 15.5 Å². The summed E-state index contributed by atoms with van der Waals surface area (Å²) in [7, 11) is 0. The molecule has 0 radical (unpaired) electrons. The van der Waals surface area contributed by atoms with Crippen molar-refractivity contribution in [2.24, 2.45) is 0 Å². The molecule has 1 aromatic carbocycles. The van der Waals surface area contributed by atoms with Crippen LogP contribution in [0.25, 0.3) is 0 Å². The van der Waals surface area contributed by atoms with Crippen LogP contribution in [0.2, 0.25) is 0 Å². The largest absolute Gasteiger partial charge is 0.489 e. The summed E-state index contributed by atoms with van der Waals surface area (Å²) in [4.78, 5) is 40.4. The van der Waals surface area contributed by atoms with Crippen LogP contribution in [-0.2, 0) is 9.53 Å². The first-order valence-electron chi connectivity index (χ1n) is 11.6. The summed E-state index contributed by atoms with van der Waals surface area (Å²) in [6.45, 7) is 15.5. The molecule has 186 valence electrons. The first kappa shape index (κ1) is 27.0. The van der Waals surface area contributed by atoms with Crippen molar-refractivity contribution >= 4 is 17.9 Å². The number of para-hydroxylation sites is 1. The fourth-order valence-electron chi connectivity index (χ4n) is 3.93. The van der Waals surface area contributed by atoms with E-state index in [0.717, 1.165) is 0 Å². The van der Waals surface area contributed by atoms with Crippen molar-refractivity contribution in [3.8, 4) is 5.75 Å². The molecule has 1 aromatic rings. The number of nitrogens with zero attached hydrogens (tertiary/aromatic N) is 1. The zero-order chi connectivity index (χ0) is 25.4. The molecule has 1 fully saturated rings. The van der Waals surface area contributed by atoms with Gasteiger partial charge >= 0.3 is 6.09 Å². The minimum absolute atomic E-state index is 0.196. The number of nitrogens with one attached hydrogen (secondary N) is 2. The van der Waals surface area contributed by atoms with Crippen LogP contribution in [0.1, 0.15) is 57.3 Å². The van der Waals surface area contributed by atoms with Gasteiger partial charge in [0.15, 0.2) is 0 Å². The summed E-state index contributed by atoms with van der Waals surface area (Å²) in [6.07, 6.45) is 4.25. The third-order valence-electron chi connectivity index (χ3n) is 5.44. The maximum Gasteiger partial charge on any atom is 0.411 e. The number of benzene rings is 1. The van der Waals surface area contributed by atoms with Gasteiger partial charge in [0.05, 0.1) is 5.56 Å². The van der Waals surface area contributed by atoms with Crippen LogP contribution in [0.4, 0.5) is 4.79 Å². The number of hydrogen-bond donors (Lipinski definition) is 2. The van der Waals surface area contributed by atoms with Gasteiger partial charge in [-0.2, -0.15) is 0 Å². The van der Waals surface area contributed by atoms with E-state index >= 15 is 0 Å².